The molecular weight excluding hydrogens is 665 g/mol. The lowest BCUT2D eigenvalue weighted by Crippen LogP contribution is -1.93. The molecule has 11 rings (SSSR count). The Morgan fingerprint density at radius 3 is 1.51 bits per heavy atom. The fraction of sp³-hybridized carbons (Fsp3) is 0. The quantitative estimate of drug-likeness (QED) is 0.163. The number of hydrogen-bond donors (Lipinski definition) is 0. The highest BCUT2D eigenvalue weighted by molar-refractivity contribution is 6.24. The molecule has 1 heteroatoms. The SMILES string of the molecule is c1ccc(-c2cccc(-c3ccc4oc5ccccc5c4c3-c3cc(-c4c5ccccc5c(-c5ccccc5)c5ccccc45)c4ccccc4c3)c2)cc1. The van der Waals surface area contributed by atoms with Crippen LogP contribution in [0.1, 0.15) is 0 Å². The molecule has 0 unspecified atom stereocenters. The van der Waals surface area contributed by atoms with Crippen molar-refractivity contribution < 1.29 is 4.42 Å². The number of rotatable bonds is 5. The molecule has 1 nitrogen and oxygen atoms in total. The Bertz CT molecular complexity index is 3190. The summed E-state index contributed by atoms with van der Waals surface area (Å²) in [4.78, 5) is 0. The van der Waals surface area contributed by atoms with E-state index in [1.165, 1.54) is 82.4 Å². The highest BCUT2D eigenvalue weighted by Crippen LogP contribution is 2.49. The van der Waals surface area contributed by atoms with Gasteiger partial charge in [-0.2, -0.15) is 0 Å². The average molecular weight is 699 g/mol. The topological polar surface area (TPSA) is 13.1 Å². The molecule has 0 saturated heterocycles. The van der Waals surface area contributed by atoms with Crippen LogP contribution in [-0.2, 0) is 0 Å². The standard InChI is InChI=1S/C54H34O/c1-3-16-35(17-4-1)37-21-15-22-39(32-37)42-30-31-50-54(47-28-13-14-29-49(47)55-50)52(42)40-33-38-20-7-8-23-41(38)48(34-40)53-45-26-11-9-24-43(45)51(36-18-5-2-6-19-36)44-25-10-12-27-46(44)53/h1-34H. The van der Waals surface area contributed by atoms with E-state index in [0.29, 0.717) is 0 Å². The number of furan rings is 1. The summed E-state index contributed by atoms with van der Waals surface area (Å²) in [6.07, 6.45) is 0. The van der Waals surface area contributed by atoms with Gasteiger partial charge in [0.15, 0.2) is 0 Å². The van der Waals surface area contributed by atoms with Crippen molar-refractivity contribution in [3.05, 3.63) is 206 Å². The lowest BCUT2D eigenvalue weighted by atomic mass is 9.82. The number of hydrogen-bond acceptors (Lipinski definition) is 1. The molecule has 0 atom stereocenters. The first-order chi connectivity index (χ1) is 27.3. The van der Waals surface area contributed by atoms with Crippen molar-refractivity contribution in [2.45, 2.75) is 0 Å². The number of benzene rings is 10. The molecule has 0 saturated carbocycles. The molecule has 0 aliphatic rings. The van der Waals surface area contributed by atoms with E-state index in [0.717, 1.165) is 27.5 Å². The van der Waals surface area contributed by atoms with E-state index in [4.69, 9.17) is 4.42 Å². The van der Waals surface area contributed by atoms with Crippen LogP contribution in [-0.4, -0.2) is 0 Å². The van der Waals surface area contributed by atoms with Gasteiger partial charge in [-0.1, -0.05) is 176 Å². The zero-order valence-corrected chi connectivity index (χ0v) is 30.0. The normalized spacial score (nSPS) is 11.6. The van der Waals surface area contributed by atoms with Gasteiger partial charge in [0.2, 0.25) is 0 Å². The van der Waals surface area contributed by atoms with E-state index < -0.39 is 0 Å². The maximum Gasteiger partial charge on any atom is 0.136 e. The summed E-state index contributed by atoms with van der Waals surface area (Å²) >= 11 is 0. The summed E-state index contributed by atoms with van der Waals surface area (Å²) in [6.45, 7) is 0. The first kappa shape index (κ1) is 31.3. The summed E-state index contributed by atoms with van der Waals surface area (Å²) in [6, 6.07) is 74.8. The second-order valence-electron chi connectivity index (χ2n) is 14.4. The van der Waals surface area contributed by atoms with E-state index in [1.54, 1.807) is 0 Å². The van der Waals surface area contributed by atoms with E-state index in [1.807, 2.05) is 0 Å². The van der Waals surface area contributed by atoms with Crippen molar-refractivity contribution in [3.8, 4) is 55.6 Å². The van der Waals surface area contributed by atoms with Gasteiger partial charge in [-0.3, -0.25) is 0 Å². The van der Waals surface area contributed by atoms with Crippen LogP contribution in [0.4, 0.5) is 0 Å². The van der Waals surface area contributed by atoms with Crippen LogP contribution in [0.3, 0.4) is 0 Å². The fourth-order valence-electron chi connectivity index (χ4n) is 8.85. The Morgan fingerprint density at radius 1 is 0.255 bits per heavy atom. The van der Waals surface area contributed by atoms with Crippen molar-refractivity contribution in [3.63, 3.8) is 0 Å². The second-order valence-corrected chi connectivity index (χ2v) is 14.4. The Hall–Kier alpha value is -7.22. The van der Waals surface area contributed by atoms with Crippen molar-refractivity contribution in [1.82, 2.24) is 0 Å². The third-order valence-electron chi connectivity index (χ3n) is 11.2. The van der Waals surface area contributed by atoms with Crippen LogP contribution in [0.15, 0.2) is 211 Å². The van der Waals surface area contributed by atoms with E-state index in [2.05, 4.69) is 206 Å². The van der Waals surface area contributed by atoms with Gasteiger partial charge in [0.1, 0.15) is 11.2 Å². The molecule has 0 spiro atoms. The van der Waals surface area contributed by atoms with Gasteiger partial charge in [0.25, 0.3) is 0 Å². The lowest BCUT2D eigenvalue weighted by molar-refractivity contribution is 0.669. The Labute approximate surface area is 319 Å². The van der Waals surface area contributed by atoms with Crippen molar-refractivity contribution in [2.24, 2.45) is 0 Å². The predicted molar refractivity (Wildman–Crippen MR) is 233 cm³/mol. The van der Waals surface area contributed by atoms with Crippen molar-refractivity contribution in [1.29, 1.82) is 0 Å². The minimum absolute atomic E-state index is 0.886. The Kier molecular flexibility index (Phi) is 7.25. The molecule has 0 radical (unpaired) electrons. The van der Waals surface area contributed by atoms with Gasteiger partial charge in [-0.15, -0.1) is 0 Å². The zero-order chi connectivity index (χ0) is 36.3. The first-order valence-corrected chi connectivity index (χ1v) is 18.9. The number of para-hydroxylation sites is 1. The third-order valence-corrected chi connectivity index (χ3v) is 11.2. The van der Waals surface area contributed by atoms with Gasteiger partial charge in [-0.25, -0.2) is 0 Å². The van der Waals surface area contributed by atoms with Crippen LogP contribution < -0.4 is 0 Å². The van der Waals surface area contributed by atoms with Crippen molar-refractivity contribution in [2.75, 3.05) is 0 Å². The molecule has 11 aromatic rings. The van der Waals surface area contributed by atoms with Crippen LogP contribution in [0.25, 0.3) is 110 Å². The van der Waals surface area contributed by atoms with E-state index in [-0.39, 0.29) is 0 Å². The summed E-state index contributed by atoms with van der Waals surface area (Å²) in [5, 5.41) is 9.65. The van der Waals surface area contributed by atoms with Gasteiger partial charge in [-0.05, 0) is 113 Å². The first-order valence-electron chi connectivity index (χ1n) is 18.9. The Balaban J connectivity index is 1.26. The highest BCUT2D eigenvalue weighted by Gasteiger charge is 2.22. The minimum Gasteiger partial charge on any atom is -0.456 e. The molecular formula is C54H34O. The van der Waals surface area contributed by atoms with Gasteiger partial charge < -0.3 is 4.42 Å². The molecule has 1 heterocycles. The summed E-state index contributed by atoms with van der Waals surface area (Å²) in [5.74, 6) is 0. The molecule has 0 bridgehead atoms. The summed E-state index contributed by atoms with van der Waals surface area (Å²) < 4.78 is 6.57. The molecule has 0 N–H and O–H groups in total. The maximum absolute atomic E-state index is 6.57. The van der Waals surface area contributed by atoms with E-state index in [9.17, 15) is 0 Å². The molecule has 1 aromatic heterocycles. The van der Waals surface area contributed by atoms with E-state index >= 15 is 0 Å². The second kappa shape index (κ2) is 12.7. The fourth-order valence-corrected chi connectivity index (χ4v) is 8.85. The van der Waals surface area contributed by atoms with Gasteiger partial charge in [0, 0.05) is 16.3 Å². The Morgan fingerprint density at radius 2 is 0.800 bits per heavy atom. The largest absolute Gasteiger partial charge is 0.456 e. The monoisotopic (exact) mass is 698 g/mol. The third kappa shape index (κ3) is 5.09. The summed E-state index contributed by atoms with van der Waals surface area (Å²) in [5.41, 5.74) is 13.8. The molecule has 10 aromatic carbocycles. The molecule has 256 valence electrons. The van der Waals surface area contributed by atoms with Crippen molar-refractivity contribution >= 4 is 54.3 Å². The smallest absolute Gasteiger partial charge is 0.136 e. The predicted octanol–water partition coefficient (Wildman–Crippen LogP) is 15.4. The maximum atomic E-state index is 6.57. The molecule has 55 heavy (non-hydrogen) atoms. The molecule has 0 fully saturated rings. The summed E-state index contributed by atoms with van der Waals surface area (Å²) in [7, 11) is 0. The molecule has 0 aliphatic heterocycles. The lowest BCUT2D eigenvalue weighted by Gasteiger charge is -2.20. The molecule has 0 aliphatic carbocycles. The minimum atomic E-state index is 0.886. The number of fused-ring (bicyclic) bond motifs is 6. The zero-order valence-electron chi connectivity index (χ0n) is 30.0. The van der Waals surface area contributed by atoms with Crippen LogP contribution in [0, 0.1) is 0 Å². The van der Waals surface area contributed by atoms with Crippen LogP contribution >= 0.6 is 0 Å². The van der Waals surface area contributed by atoms with Gasteiger partial charge >= 0.3 is 0 Å². The average Bonchev–Trinajstić information content (AvgIpc) is 3.64. The van der Waals surface area contributed by atoms with Crippen LogP contribution in [0.2, 0.25) is 0 Å². The van der Waals surface area contributed by atoms with Crippen LogP contribution in [0.5, 0.6) is 0 Å². The van der Waals surface area contributed by atoms with Gasteiger partial charge in [0.05, 0.1) is 0 Å². The molecule has 0 amide bonds. The highest BCUT2D eigenvalue weighted by atomic mass is 16.3.